The number of carboxylic acids is 1. The Balaban J connectivity index is 1.87. The monoisotopic (exact) mass is 281 g/mol. The third-order valence-corrected chi connectivity index (χ3v) is 5.54. The number of nitrogens with one attached hydrogen (secondary N) is 1. The number of rotatable bonds is 5. The molecule has 20 heavy (non-hydrogen) atoms. The van der Waals surface area contributed by atoms with Crippen molar-refractivity contribution in [2.24, 2.45) is 23.7 Å². The van der Waals surface area contributed by atoms with E-state index in [9.17, 15) is 9.90 Å². The molecule has 2 aliphatic carbocycles. The van der Waals surface area contributed by atoms with Crippen LogP contribution in [0.15, 0.2) is 0 Å². The van der Waals surface area contributed by atoms with Crippen LogP contribution in [0.1, 0.15) is 65.2 Å². The molecule has 2 aliphatic rings. The van der Waals surface area contributed by atoms with E-state index in [4.69, 9.17) is 0 Å². The van der Waals surface area contributed by atoms with Gasteiger partial charge in [-0.05, 0) is 50.0 Å². The molecule has 0 aromatic rings. The van der Waals surface area contributed by atoms with Crippen LogP contribution in [0.2, 0.25) is 0 Å². The maximum atomic E-state index is 11.4. The quantitative estimate of drug-likeness (QED) is 0.808. The summed E-state index contributed by atoms with van der Waals surface area (Å²) in [5.74, 6) is 1.15. The number of carbonyl (C=O) groups is 1. The van der Waals surface area contributed by atoms with Gasteiger partial charge in [-0.3, -0.25) is 4.79 Å². The highest BCUT2D eigenvalue weighted by atomic mass is 16.4. The zero-order chi connectivity index (χ0) is 14.5. The maximum absolute atomic E-state index is 11.4. The smallest absolute Gasteiger partial charge is 0.306 e. The van der Waals surface area contributed by atoms with E-state index in [1.807, 2.05) is 0 Å². The van der Waals surface area contributed by atoms with Crippen LogP contribution in [0.5, 0.6) is 0 Å². The third kappa shape index (κ3) is 3.97. The molecule has 3 nitrogen and oxygen atoms in total. The van der Waals surface area contributed by atoms with Gasteiger partial charge in [0.15, 0.2) is 0 Å². The third-order valence-electron chi connectivity index (χ3n) is 5.54. The van der Waals surface area contributed by atoms with E-state index in [2.05, 4.69) is 19.2 Å². The summed E-state index contributed by atoms with van der Waals surface area (Å²) in [6, 6.07) is 0.611. The number of hydrogen-bond acceptors (Lipinski definition) is 2. The standard InChI is InChI=1S/C17H31NO2/c1-12(2)14-8-5-6-10-16(14)18-11-13-7-3-4-9-15(13)17(19)20/h12-16,18H,3-11H2,1-2H3,(H,19,20). The molecule has 0 amide bonds. The predicted molar refractivity (Wildman–Crippen MR) is 81.7 cm³/mol. The van der Waals surface area contributed by atoms with Crippen LogP contribution < -0.4 is 5.32 Å². The fourth-order valence-electron chi connectivity index (χ4n) is 4.29. The van der Waals surface area contributed by atoms with Gasteiger partial charge in [-0.25, -0.2) is 0 Å². The molecule has 116 valence electrons. The molecule has 2 N–H and O–H groups in total. The van der Waals surface area contributed by atoms with Crippen molar-refractivity contribution in [2.45, 2.75) is 71.3 Å². The molecular formula is C17H31NO2. The van der Waals surface area contributed by atoms with Gasteiger partial charge in [0.25, 0.3) is 0 Å². The molecule has 4 unspecified atom stereocenters. The van der Waals surface area contributed by atoms with Crippen LogP contribution in [0.25, 0.3) is 0 Å². The van der Waals surface area contributed by atoms with Crippen molar-refractivity contribution < 1.29 is 9.90 Å². The zero-order valence-corrected chi connectivity index (χ0v) is 13.1. The molecule has 4 atom stereocenters. The van der Waals surface area contributed by atoms with Crippen LogP contribution in [-0.2, 0) is 4.79 Å². The lowest BCUT2D eigenvalue weighted by atomic mass is 9.76. The second-order valence-corrected chi connectivity index (χ2v) is 7.20. The highest BCUT2D eigenvalue weighted by Crippen LogP contribution is 2.33. The topological polar surface area (TPSA) is 49.3 Å². The lowest BCUT2D eigenvalue weighted by molar-refractivity contribution is -0.144. The van der Waals surface area contributed by atoms with E-state index in [0.29, 0.717) is 12.0 Å². The van der Waals surface area contributed by atoms with Gasteiger partial charge in [-0.2, -0.15) is 0 Å². The number of hydrogen-bond donors (Lipinski definition) is 2. The molecule has 0 bridgehead atoms. The minimum Gasteiger partial charge on any atom is -0.481 e. The normalized spacial score (nSPS) is 35.1. The van der Waals surface area contributed by atoms with Crippen molar-refractivity contribution in [2.75, 3.05) is 6.54 Å². The number of carboxylic acid groups (broad SMARTS) is 1. The molecule has 0 radical (unpaired) electrons. The Kier molecular flexibility index (Phi) is 5.88. The van der Waals surface area contributed by atoms with Gasteiger partial charge >= 0.3 is 5.97 Å². The first kappa shape index (κ1) is 15.8. The molecule has 0 heterocycles. The molecule has 0 aromatic heterocycles. The summed E-state index contributed by atoms with van der Waals surface area (Å²) in [7, 11) is 0. The fourth-order valence-corrected chi connectivity index (χ4v) is 4.29. The highest BCUT2D eigenvalue weighted by molar-refractivity contribution is 5.70. The first-order valence-corrected chi connectivity index (χ1v) is 8.55. The Morgan fingerprint density at radius 3 is 2.45 bits per heavy atom. The van der Waals surface area contributed by atoms with Crippen molar-refractivity contribution in [1.29, 1.82) is 0 Å². The average Bonchev–Trinajstić information content (AvgIpc) is 2.45. The van der Waals surface area contributed by atoms with Gasteiger partial charge in [0, 0.05) is 6.04 Å². The molecule has 2 fully saturated rings. The Bertz CT molecular complexity index is 316. The van der Waals surface area contributed by atoms with Crippen molar-refractivity contribution in [1.82, 2.24) is 5.32 Å². The Hall–Kier alpha value is -0.570. The maximum Gasteiger partial charge on any atom is 0.306 e. The summed E-state index contributed by atoms with van der Waals surface area (Å²) in [4.78, 5) is 11.4. The molecule has 2 saturated carbocycles. The summed E-state index contributed by atoms with van der Waals surface area (Å²) >= 11 is 0. The van der Waals surface area contributed by atoms with E-state index >= 15 is 0 Å². The van der Waals surface area contributed by atoms with Crippen LogP contribution in [0.4, 0.5) is 0 Å². The van der Waals surface area contributed by atoms with Gasteiger partial charge in [0.1, 0.15) is 0 Å². The van der Waals surface area contributed by atoms with Gasteiger partial charge in [0.2, 0.25) is 0 Å². The number of aliphatic carboxylic acids is 1. The van der Waals surface area contributed by atoms with Crippen molar-refractivity contribution in [3.05, 3.63) is 0 Å². The first-order valence-electron chi connectivity index (χ1n) is 8.55. The summed E-state index contributed by atoms with van der Waals surface area (Å²) in [5.41, 5.74) is 0. The summed E-state index contributed by atoms with van der Waals surface area (Å²) < 4.78 is 0. The van der Waals surface area contributed by atoms with Crippen LogP contribution in [-0.4, -0.2) is 23.7 Å². The second kappa shape index (κ2) is 7.44. The summed E-state index contributed by atoms with van der Waals surface area (Å²) in [6.45, 7) is 5.56. The Morgan fingerprint density at radius 2 is 1.75 bits per heavy atom. The molecule has 0 saturated heterocycles. The van der Waals surface area contributed by atoms with Crippen molar-refractivity contribution in [3.8, 4) is 0 Å². The van der Waals surface area contributed by atoms with Crippen molar-refractivity contribution in [3.63, 3.8) is 0 Å². The van der Waals surface area contributed by atoms with E-state index in [-0.39, 0.29) is 5.92 Å². The summed E-state index contributed by atoms with van der Waals surface area (Å²) in [6.07, 6.45) is 9.55. The molecule has 0 aliphatic heterocycles. The van der Waals surface area contributed by atoms with Crippen LogP contribution in [0, 0.1) is 23.7 Å². The summed E-state index contributed by atoms with van der Waals surface area (Å²) in [5, 5.41) is 13.1. The van der Waals surface area contributed by atoms with Crippen molar-refractivity contribution >= 4 is 5.97 Å². The van der Waals surface area contributed by atoms with Crippen LogP contribution in [0.3, 0.4) is 0 Å². The van der Waals surface area contributed by atoms with Gasteiger partial charge < -0.3 is 10.4 Å². The Morgan fingerprint density at radius 1 is 1.10 bits per heavy atom. The first-order chi connectivity index (χ1) is 9.59. The second-order valence-electron chi connectivity index (χ2n) is 7.20. The fraction of sp³-hybridized carbons (Fsp3) is 0.941. The molecular weight excluding hydrogens is 250 g/mol. The highest BCUT2D eigenvalue weighted by Gasteiger charge is 2.32. The zero-order valence-electron chi connectivity index (χ0n) is 13.1. The molecule has 3 heteroatoms. The minimum atomic E-state index is -0.583. The van der Waals surface area contributed by atoms with E-state index in [1.165, 1.54) is 32.1 Å². The largest absolute Gasteiger partial charge is 0.481 e. The SMILES string of the molecule is CC(C)C1CCCCC1NCC1CCCCC1C(=O)O. The molecule has 2 rings (SSSR count). The molecule has 0 spiro atoms. The van der Waals surface area contributed by atoms with E-state index in [1.54, 1.807) is 0 Å². The van der Waals surface area contributed by atoms with Gasteiger partial charge in [-0.1, -0.05) is 39.5 Å². The lowest BCUT2D eigenvalue weighted by Crippen LogP contribution is -2.45. The minimum absolute atomic E-state index is 0.114. The van der Waals surface area contributed by atoms with Crippen LogP contribution >= 0.6 is 0 Å². The van der Waals surface area contributed by atoms with E-state index in [0.717, 1.165) is 37.6 Å². The van der Waals surface area contributed by atoms with Gasteiger partial charge in [0.05, 0.1) is 5.92 Å². The molecule has 0 aromatic carbocycles. The predicted octanol–water partition coefficient (Wildman–Crippen LogP) is 3.68. The van der Waals surface area contributed by atoms with Gasteiger partial charge in [-0.15, -0.1) is 0 Å². The lowest BCUT2D eigenvalue weighted by Gasteiger charge is -2.37. The van der Waals surface area contributed by atoms with E-state index < -0.39 is 5.97 Å². The Labute approximate surface area is 123 Å². The average molecular weight is 281 g/mol.